The molecule has 0 saturated heterocycles. The van der Waals surface area contributed by atoms with Crippen molar-refractivity contribution in [3.8, 4) is 0 Å². The van der Waals surface area contributed by atoms with Gasteiger partial charge in [0.25, 0.3) is 10.0 Å². The Balaban J connectivity index is 2.51. The number of imidazole rings is 1. The average molecular weight is 294 g/mol. The van der Waals surface area contributed by atoms with Crippen molar-refractivity contribution >= 4 is 21.4 Å². The Labute approximate surface area is 118 Å². The predicted molar refractivity (Wildman–Crippen MR) is 78.9 cm³/mol. The van der Waals surface area contributed by atoms with Crippen LogP contribution in [0, 0.1) is 0 Å². The van der Waals surface area contributed by atoms with Gasteiger partial charge < -0.3 is 10.3 Å². The van der Waals surface area contributed by atoms with E-state index >= 15 is 0 Å². The van der Waals surface area contributed by atoms with Gasteiger partial charge in [0, 0.05) is 19.8 Å². The molecule has 0 saturated carbocycles. The first-order valence-corrected chi connectivity index (χ1v) is 7.76. The third kappa shape index (κ3) is 2.62. The maximum Gasteiger partial charge on any atom is 0.283 e. The van der Waals surface area contributed by atoms with Crippen molar-refractivity contribution < 1.29 is 8.42 Å². The van der Waals surface area contributed by atoms with E-state index in [1.807, 2.05) is 6.92 Å². The van der Waals surface area contributed by atoms with Crippen LogP contribution in [0.5, 0.6) is 0 Å². The smallest absolute Gasteiger partial charge is 0.283 e. The zero-order chi connectivity index (χ0) is 14.8. The van der Waals surface area contributed by atoms with Gasteiger partial charge in [-0.3, -0.25) is 4.31 Å². The number of hydrogen-bond acceptors (Lipinski definition) is 4. The molecule has 1 heterocycles. The Bertz CT molecular complexity index is 694. The number of rotatable bonds is 5. The summed E-state index contributed by atoms with van der Waals surface area (Å²) in [7, 11) is -1.97. The summed E-state index contributed by atoms with van der Waals surface area (Å²) in [5.74, 6) is 0. The Hall–Kier alpha value is -2.02. The molecule has 6 nitrogen and oxygen atoms in total. The van der Waals surface area contributed by atoms with Crippen LogP contribution in [0.15, 0.2) is 41.8 Å². The predicted octanol–water partition coefficient (Wildman–Crippen LogP) is 1.61. The van der Waals surface area contributed by atoms with E-state index in [2.05, 4.69) is 4.98 Å². The fourth-order valence-corrected chi connectivity index (χ4v) is 3.48. The van der Waals surface area contributed by atoms with E-state index in [9.17, 15) is 8.42 Å². The maximum atomic E-state index is 12.7. The van der Waals surface area contributed by atoms with Crippen molar-refractivity contribution in [2.75, 3.05) is 16.6 Å². The van der Waals surface area contributed by atoms with Crippen molar-refractivity contribution in [3.63, 3.8) is 0 Å². The highest BCUT2D eigenvalue weighted by Gasteiger charge is 2.27. The molecular weight excluding hydrogens is 276 g/mol. The summed E-state index contributed by atoms with van der Waals surface area (Å²) >= 11 is 0. The third-order valence-corrected chi connectivity index (χ3v) is 4.57. The summed E-state index contributed by atoms with van der Waals surface area (Å²) in [6.45, 7) is 2.27. The minimum atomic E-state index is -3.70. The molecule has 0 radical (unpaired) electrons. The fraction of sp³-hybridized carbons (Fsp3) is 0.308. The van der Waals surface area contributed by atoms with E-state index in [-0.39, 0.29) is 5.03 Å². The SMILES string of the molecule is CCCN(c1ccccc1N)S(=O)(=O)c1cn(C)cn1. The number of sulfonamides is 1. The number of nitrogens with zero attached hydrogens (tertiary/aromatic N) is 3. The molecule has 0 amide bonds. The van der Waals surface area contributed by atoms with E-state index in [4.69, 9.17) is 5.73 Å². The number of nitrogen functional groups attached to an aromatic ring is 1. The summed E-state index contributed by atoms with van der Waals surface area (Å²) in [6, 6.07) is 6.93. The van der Waals surface area contributed by atoms with Crippen LogP contribution in [0.3, 0.4) is 0 Å². The molecule has 0 bridgehead atoms. The molecule has 108 valence electrons. The van der Waals surface area contributed by atoms with Gasteiger partial charge in [0.2, 0.25) is 0 Å². The van der Waals surface area contributed by atoms with Crippen molar-refractivity contribution in [3.05, 3.63) is 36.8 Å². The molecule has 2 rings (SSSR count). The molecule has 0 spiro atoms. The molecular formula is C13H18N4O2S. The van der Waals surface area contributed by atoms with Gasteiger partial charge in [-0.1, -0.05) is 19.1 Å². The summed E-state index contributed by atoms with van der Waals surface area (Å²) in [5, 5.41) is 0.0247. The molecule has 0 fully saturated rings. The summed E-state index contributed by atoms with van der Waals surface area (Å²) in [5.41, 5.74) is 6.82. The van der Waals surface area contributed by atoms with Crippen molar-refractivity contribution in [2.24, 2.45) is 7.05 Å². The average Bonchev–Trinajstić information content (AvgIpc) is 2.84. The number of para-hydroxylation sites is 2. The second kappa shape index (κ2) is 5.54. The molecule has 7 heteroatoms. The maximum absolute atomic E-state index is 12.7. The number of hydrogen-bond donors (Lipinski definition) is 1. The van der Waals surface area contributed by atoms with Crippen molar-refractivity contribution in [1.82, 2.24) is 9.55 Å². The Kier molecular flexibility index (Phi) is 3.99. The largest absolute Gasteiger partial charge is 0.397 e. The minimum Gasteiger partial charge on any atom is -0.397 e. The van der Waals surface area contributed by atoms with Crippen LogP contribution in [0.1, 0.15) is 13.3 Å². The van der Waals surface area contributed by atoms with Crippen LogP contribution in [-0.2, 0) is 17.1 Å². The van der Waals surface area contributed by atoms with Crippen LogP contribution >= 0.6 is 0 Å². The van der Waals surface area contributed by atoms with Crippen LogP contribution < -0.4 is 10.0 Å². The van der Waals surface area contributed by atoms with Gasteiger partial charge in [-0.2, -0.15) is 8.42 Å². The van der Waals surface area contributed by atoms with Gasteiger partial charge in [-0.15, -0.1) is 0 Å². The van der Waals surface area contributed by atoms with Gasteiger partial charge in [-0.05, 0) is 18.6 Å². The lowest BCUT2D eigenvalue weighted by Crippen LogP contribution is -2.32. The van der Waals surface area contributed by atoms with Crippen LogP contribution in [0.4, 0.5) is 11.4 Å². The molecule has 2 aromatic rings. The quantitative estimate of drug-likeness (QED) is 0.849. The highest BCUT2D eigenvalue weighted by Crippen LogP contribution is 2.28. The van der Waals surface area contributed by atoms with E-state index in [0.717, 1.165) is 0 Å². The lowest BCUT2D eigenvalue weighted by atomic mass is 10.2. The minimum absolute atomic E-state index is 0.0247. The lowest BCUT2D eigenvalue weighted by Gasteiger charge is -2.24. The number of anilines is 2. The third-order valence-electron chi connectivity index (χ3n) is 2.87. The summed E-state index contributed by atoms with van der Waals surface area (Å²) in [6.07, 6.45) is 3.63. The summed E-state index contributed by atoms with van der Waals surface area (Å²) in [4.78, 5) is 3.94. The highest BCUT2D eigenvalue weighted by molar-refractivity contribution is 7.92. The molecule has 1 aromatic carbocycles. The Morgan fingerprint density at radius 2 is 2.05 bits per heavy atom. The van der Waals surface area contributed by atoms with Gasteiger partial charge in [0.1, 0.15) is 0 Å². The van der Waals surface area contributed by atoms with E-state index < -0.39 is 10.0 Å². The monoisotopic (exact) mass is 294 g/mol. The van der Waals surface area contributed by atoms with E-state index in [0.29, 0.717) is 24.3 Å². The van der Waals surface area contributed by atoms with Crippen molar-refractivity contribution in [2.45, 2.75) is 18.4 Å². The lowest BCUT2D eigenvalue weighted by molar-refractivity contribution is 0.587. The Morgan fingerprint density at radius 3 is 2.60 bits per heavy atom. The topological polar surface area (TPSA) is 81.2 Å². The van der Waals surface area contributed by atoms with Crippen LogP contribution in [0.25, 0.3) is 0 Å². The molecule has 0 aliphatic rings. The zero-order valence-corrected chi connectivity index (χ0v) is 12.3. The van der Waals surface area contributed by atoms with Crippen molar-refractivity contribution in [1.29, 1.82) is 0 Å². The van der Waals surface area contributed by atoms with Gasteiger partial charge in [0.15, 0.2) is 5.03 Å². The number of benzene rings is 1. The fourth-order valence-electron chi connectivity index (χ4n) is 1.92. The van der Waals surface area contributed by atoms with E-state index in [1.54, 1.807) is 35.9 Å². The molecule has 20 heavy (non-hydrogen) atoms. The molecule has 0 atom stereocenters. The first-order chi connectivity index (χ1) is 9.46. The zero-order valence-electron chi connectivity index (χ0n) is 11.5. The number of aromatic nitrogens is 2. The van der Waals surface area contributed by atoms with Gasteiger partial charge in [-0.25, -0.2) is 4.98 Å². The first-order valence-electron chi connectivity index (χ1n) is 6.32. The highest BCUT2D eigenvalue weighted by atomic mass is 32.2. The van der Waals surface area contributed by atoms with Crippen LogP contribution in [-0.4, -0.2) is 24.5 Å². The molecule has 1 aromatic heterocycles. The number of nitrogens with two attached hydrogens (primary N) is 1. The summed E-state index contributed by atoms with van der Waals surface area (Å²) < 4.78 is 28.3. The standard InChI is InChI=1S/C13H18N4O2S/c1-3-8-17(12-7-5-4-6-11(12)14)20(18,19)13-9-16(2)10-15-13/h4-7,9-10H,3,8,14H2,1-2H3. The normalized spacial score (nSPS) is 11.5. The molecule has 0 aliphatic carbocycles. The van der Waals surface area contributed by atoms with Crippen LogP contribution in [0.2, 0.25) is 0 Å². The molecule has 0 aliphatic heterocycles. The van der Waals surface area contributed by atoms with Gasteiger partial charge >= 0.3 is 0 Å². The second-order valence-electron chi connectivity index (χ2n) is 4.51. The molecule has 2 N–H and O–H groups in total. The Morgan fingerprint density at radius 1 is 1.35 bits per heavy atom. The van der Waals surface area contributed by atoms with Gasteiger partial charge in [0.05, 0.1) is 17.7 Å². The van der Waals surface area contributed by atoms with E-state index in [1.165, 1.54) is 16.8 Å². The first kappa shape index (κ1) is 14.4. The second-order valence-corrected chi connectivity index (χ2v) is 6.32. The number of aryl methyl sites for hydroxylation is 1. The molecule has 0 unspecified atom stereocenters.